The van der Waals surface area contributed by atoms with Crippen LogP contribution in [0.15, 0.2) is 0 Å². The van der Waals surface area contributed by atoms with Crippen LogP contribution >= 0.6 is 0 Å². The summed E-state index contributed by atoms with van der Waals surface area (Å²) in [5, 5.41) is 10.6. The number of likely N-dealkylation sites (tertiary alicyclic amines) is 1. The number of hydrogen-bond acceptors (Lipinski definition) is 3. The van der Waals surface area contributed by atoms with Crippen molar-refractivity contribution in [2.45, 2.75) is 64.0 Å². The normalized spacial score (nSPS) is 26.2. The van der Waals surface area contributed by atoms with E-state index < -0.39 is 0 Å². The fourth-order valence-electron chi connectivity index (χ4n) is 3.27. The van der Waals surface area contributed by atoms with Crippen LogP contribution in [0.4, 0.5) is 0 Å². The third-order valence-corrected chi connectivity index (χ3v) is 4.88. The van der Waals surface area contributed by atoms with Crippen LogP contribution in [0.1, 0.15) is 52.4 Å². The van der Waals surface area contributed by atoms with Gasteiger partial charge < -0.3 is 9.84 Å². The molecule has 0 amide bonds. The van der Waals surface area contributed by atoms with E-state index in [9.17, 15) is 5.11 Å². The van der Waals surface area contributed by atoms with E-state index in [4.69, 9.17) is 4.74 Å². The molecule has 2 heterocycles. The van der Waals surface area contributed by atoms with Crippen molar-refractivity contribution in [1.82, 2.24) is 4.90 Å². The van der Waals surface area contributed by atoms with Crippen molar-refractivity contribution < 1.29 is 9.84 Å². The maximum absolute atomic E-state index is 10.6. The molecule has 2 aliphatic rings. The molecule has 0 aliphatic carbocycles. The van der Waals surface area contributed by atoms with Crippen molar-refractivity contribution in [3.63, 3.8) is 0 Å². The lowest BCUT2D eigenvalue weighted by atomic mass is 9.84. The third-order valence-electron chi connectivity index (χ3n) is 4.88. The van der Waals surface area contributed by atoms with Crippen LogP contribution in [0.5, 0.6) is 0 Å². The Bertz CT molecular complexity index is 243. The van der Waals surface area contributed by atoms with Gasteiger partial charge in [-0.15, -0.1) is 0 Å². The van der Waals surface area contributed by atoms with Crippen LogP contribution in [0.3, 0.4) is 0 Å². The highest BCUT2D eigenvalue weighted by Gasteiger charge is 2.36. The average Bonchev–Trinajstić information content (AvgIpc) is 2.41. The third kappa shape index (κ3) is 3.46. The molecule has 2 aliphatic heterocycles. The van der Waals surface area contributed by atoms with Gasteiger partial charge in [0.05, 0.1) is 6.10 Å². The summed E-state index contributed by atoms with van der Waals surface area (Å²) in [6.45, 7) is 8.48. The molecule has 0 aromatic rings. The number of aliphatic hydroxyl groups is 1. The van der Waals surface area contributed by atoms with E-state index in [1.54, 1.807) is 0 Å². The predicted octanol–water partition coefficient (Wildman–Crippen LogP) is 2.43. The van der Waals surface area contributed by atoms with Gasteiger partial charge in [0, 0.05) is 18.8 Å². The maximum atomic E-state index is 10.6. The minimum atomic E-state index is -0.210. The smallest absolute Gasteiger partial charge is 0.0721 e. The first kappa shape index (κ1) is 14.3. The molecule has 18 heavy (non-hydrogen) atoms. The van der Waals surface area contributed by atoms with Crippen LogP contribution in [-0.4, -0.2) is 48.0 Å². The highest BCUT2D eigenvalue weighted by Crippen LogP contribution is 2.29. The van der Waals surface area contributed by atoms with Gasteiger partial charge in [-0.05, 0) is 65.0 Å². The van der Waals surface area contributed by atoms with E-state index in [2.05, 4.69) is 18.7 Å². The van der Waals surface area contributed by atoms with Crippen molar-refractivity contribution in [2.24, 2.45) is 5.92 Å². The molecular weight excluding hydrogens is 226 g/mol. The molecule has 0 radical (unpaired) electrons. The first-order valence-corrected chi connectivity index (χ1v) is 7.61. The summed E-state index contributed by atoms with van der Waals surface area (Å²) >= 11 is 0. The fraction of sp³-hybridized carbons (Fsp3) is 1.00. The topological polar surface area (TPSA) is 32.7 Å². The van der Waals surface area contributed by atoms with Crippen molar-refractivity contribution in [3.8, 4) is 0 Å². The molecule has 3 nitrogen and oxygen atoms in total. The highest BCUT2D eigenvalue weighted by atomic mass is 16.5. The molecule has 0 aromatic heterocycles. The molecule has 1 N–H and O–H groups in total. The minimum Gasteiger partial charge on any atom is -0.391 e. The zero-order valence-corrected chi connectivity index (χ0v) is 12.0. The average molecular weight is 255 g/mol. The number of ether oxygens (including phenoxy) is 1. The Morgan fingerprint density at radius 2 is 1.78 bits per heavy atom. The number of piperidine rings is 1. The number of rotatable bonds is 4. The second-order valence-electron chi connectivity index (χ2n) is 6.51. The summed E-state index contributed by atoms with van der Waals surface area (Å²) in [5.41, 5.74) is -0.0707. The molecule has 3 heteroatoms. The van der Waals surface area contributed by atoms with Crippen molar-refractivity contribution >= 4 is 0 Å². The van der Waals surface area contributed by atoms with Gasteiger partial charge >= 0.3 is 0 Å². The first-order chi connectivity index (χ1) is 8.60. The Morgan fingerprint density at radius 3 is 2.39 bits per heavy atom. The summed E-state index contributed by atoms with van der Waals surface area (Å²) in [7, 11) is 0. The Balaban J connectivity index is 1.86. The van der Waals surface area contributed by atoms with Crippen LogP contribution in [0.25, 0.3) is 0 Å². The summed E-state index contributed by atoms with van der Waals surface area (Å²) < 4.78 is 5.39. The summed E-state index contributed by atoms with van der Waals surface area (Å²) in [6, 6.07) is 0. The van der Waals surface area contributed by atoms with Crippen LogP contribution in [0.2, 0.25) is 0 Å². The quantitative estimate of drug-likeness (QED) is 0.837. The number of aliphatic hydroxyl groups excluding tert-OH is 1. The largest absolute Gasteiger partial charge is 0.391 e. The second kappa shape index (κ2) is 6.36. The van der Waals surface area contributed by atoms with Crippen LogP contribution in [0, 0.1) is 5.92 Å². The van der Waals surface area contributed by atoms with Gasteiger partial charge in [0.15, 0.2) is 0 Å². The molecule has 1 atom stereocenters. The molecule has 2 rings (SSSR count). The van der Waals surface area contributed by atoms with Crippen molar-refractivity contribution in [2.75, 3.05) is 26.3 Å². The summed E-state index contributed by atoms with van der Waals surface area (Å²) in [5.74, 6) is 0.651. The lowest BCUT2D eigenvalue weighted by Crippen LogP contribution is -2.54. The molecule has 0 bridgehead atoms. The Labute approximate surface area is 112 Å². The molecule has 0 saturated carbocycles. The zero-order valence-electron chi connectivity index (χ0n) is 12.0. The highest BCUT2D eigenvalue weighted by molar-refractivity contribution is 4.91. The first-order valence-electron chi connectivity index (χ1n) is 7.61. The number of nitrogens with zero attached hydrogens (tertiary/aromatic N) is 1. The molecule has 1 unspecified atom stereocenters. The van der Waals surface area contributed by atoms with Crippen molar-refractivity contribution in [1.29, 1.82) is 0 Å². The van der Waals surface area contributed by atoms with Gasteiger partial charge in [-0.1, -0.05) is 6.42 Å². The predicted molar refractivity (Wildman–Crippen MR) is 73.7 cm³/mol. The van der Waals surface area contributed by atoms with E-state index in [1.165, 1.54) is 19.3 Å². The summed E-state index contributed by atoms with van der Waals surface area (Å²) in [6.07, 6.45) is 6.88. The van der Waals surface area contributed by atoms with E-state index >= 15 is 0 Å². The SMILES string of the molecule is CC(C)(C(O)CC1CCOCC1)N1CCCCC1. The van der Waals surface area contributed by atoms with Crippen LogP contribution in [-0.2, 0) is 4.74 Å². The lowest BCUT2D eigenvalue weighted by molar-refractivity contribution is -0.0406. The lowest BCUT2D eigenvalue weighted by Gasteiger charge is -2.45. The van der Waals surface area contributed by atoms with Gasteiger partial charge in [0.1, 0.15) is 0 Å². The van der Waals surface area contributed by atoms with Gasteiger partial charge in [-0.3, -0.25) is 4.90 Å². The van der Waals surface area contributed by atoms with Gasteiger partial charge in [-0.2, -0.15) is 0 Å². The van der Waals surface area contributed by atoms with Gasteiger partial charge in [-0.25, -0.2) is 0 Å². The second-order valence-corrected chi connectivity index (χ2v) is 6.51. The fourth-order valence-corrected chi connectivity index (χ4v) is 3.27. The minimum absolute atomic E-state index is 0.0707. The Kier molecular flexibility index (Phi) is 5.05. The standard InChI is InChI=1S/C15H29NO2/c1-15(2,16-8-4-3-5-9-16)14(17)12-13-6-10-18-11-7-13/h13-14,17H,3-12H2,1-2H3. The monoisotopic (exact) mass is 255 g/mol. The molecule has 2 saturated heterocycles. The van der Waals surface area contributed by atoms with Crippen LogP contribution < -0.4 is 0 Å². The Hall–Kier alpha value is -0.120. The van der Waals surface area contributed by atoms with E-state index in [1.807, 2.05) is 0 Å². The van der Waals surface area contributed by atoms with E-state index in [0.29, 0.717) is 5.92 Å². The molecule has 0 spiro atoms. The van der Waals surface area contributed by atoms with Gasteiger partial charge in [0.2, 0.25) is 0 Å². The molecule has 106 valence electrons. The van der Waals surface area contributed by atoms with Gasteiger partial charge in [0.25, 0.3) is 0 Å². The van der Waals surface area contributed by atoms with E-state index in [-0.39, 0.29) is 11.6 Å². The van der Waals surface area contributed by atoms with Crippen molar-refractivity contribution in [3.05, 3.63) is 0 Å². The number of hydrogen-bond donors (Lipinski definition) is 1. The maximum Gasteiger partial charge on any atom is 0.0721 e. The molecule has 0 aromatic carbocycles. The van der Waals surface area contributed by atoms with E-state index in [0.717, 1.165) is 45.6 Å². The Morgan fingerprint density at radius 1 is 1.17 bits per heavy atom. The molecule has 2 fully saturated rings. The summed E-state index contributed by atoms with van der Waals surface area (Å²) in [4.78, 5) is 2.49. The zero-order chi connectivity index (χ0) is 13.0. The molecular formula is C15H29NO2.